The summed E-state index contributed by atoms with van der Waals surface area (Å²) in [6.07, 6.45) is 7.55. The molecule has 1 heterocycles. The second-order valence-electron chi connectivity index (χ2n) is 10.1. The SMILES string of the molecule is O=C(OCCc1ccc(C2CCNCC2OCc2ccc3ccccc3c2)cc1)C1CCCCC1. The summed E-state index contributed by atoms with van der Waals surface area (Å²) in [5.41, 5.74) is 3.76. The van der Waals surface area contributed by atoms with Gasteiger partial charge in [-0.2, -0.15) is 0 Å². The summed E-state index contributed by atoms with van der Waals surface area (Å²) in [7, 11) is 0. The summed E-state index contributed by atoms with van der Waals surface area (Å²) in [6, 6.07) is 23.9. The van der Waals surface area contributed by atoms with Crippen LogP contribution in [0.15, 0.2) is 66.7 Å². The molecule has 2 atom stereocenters. The Morgan fingerprint density at radius 2 is 1.63 bits per heavy atom. The average Bonchev–Trinajstić information content (AvgIpc) is 2.93. The van der Waals surface area contributed by atoms with Gasteiger partial charge in [0.1, 0.15) is 0 Å². The molecular weight excluding hydrogens is 434 g/mol. The van der Waals surface area contributed by atoms with Crippen LogP contribution in [0.5, 0.6) is 0 Å². The highest BCUT2D eigenvalue weighted by Gasteiger charge is 2.27. The Bertz CT molecular complexity index is 1100. The standard InChI is InChI=1S/C31H37NO3/c33-31(27-7-2-1-3-8-27)34-19-17-23-10-14-26(15-11-23)29-16-18-32-21-30(29)35-22-24-12-13-25-6-4-5-9-28(25)20-24/h4-6,9-15,20,27,29-30,32H,1-3,7-8,16-19,21-22H2. The summed E-state index contributed by atoms with van der Waals surface area (Å²) >= 11 is 0. The third kappa shape index (κ3) is 6.31. The molecule has 0 bridgehead atoms. The first-order valence-corrected chi connectivity index (χ1v) is 13.3. The topological polar surface area (TPSA) is 47.6 Å². The lowest BCUT2D eigenvalue weighted by Crippen LogP contribution is -2.40. The van der Waals surface area contributed by atoms with Crippen LogP contribution in [0.1, 0.15) is 61.1 Å². The third-order valence-electron chi connectivity index (χ3n) is 7.69. The van der Waals surface area contributed by atoms with E-state index in [4.69, 9.17) is 9.47 Å². The molecule has 2 fully saturated rings. The van der Waals surface area contributed by atoms with E-state index in [0.717, 1.165) is 51.6 Å². The van der Waals surface area contributed by atoms with Gasteiger partial charge in [-0.25, -0.2) is 0 Å². The fourth-order valence-corrected chi connectivity index (χ4v) is 5.58. The number of carbonyl (C=O) groups is 1. The van der Waals surface area contributed by atoms with Crippen LogP contribution in [0.3, 0.4) is 0 Å². The lowest BCUT2D eigenvalue weighted by molar-refractivity contribution is -0.149. The number of nitrogens with one attached hydrogen (secondary N) is 1. The average molecular weight is 472 g/mol. The summed E-state index contributed by atoms with van der Waals surface area (Å²) in [4.78, 5) is 12.3. The minimum atomic E-state index is 0.00225. The first-order chi connectivity index (χ1) is 17.3. The van der Waals surface area contributed by atoms with Gasteiger partial charge in [0.25, 0.3) is 0 Å². The fourth-order valence-electron chi connectivity index (χ4n) is 5.58. The molecule has 1 aliphatic heterocycles. The van der Waals surface area contributed by atoms with Crippen LogP contribution in [-0.4, -0.2) is 31.8 Å². The predicted molar refractivity (Wildman–Crippen MR) is 140 cm³/mol. The van der Waals surface area contributed by atoms with Gasteiger partial charge in [0, 0.05) is 18.9 Å². The van der Waals surface area contributed by atoms with E-state index >= 15 is 0 Å². The van der Waals surface area contributed by atoms with Crippen molar-refractivity contribution in [2.75, 3.05) is 19.7 Å². The molecule has 1 aliphatic carbocycles. The number of carbonyl (C=O) groups excluding carboxylic acids is 1. The Hall–Kier alpha value is -2.69. The van der Waals surface area contributed by atoms with Gasteiger partial charge < -0.3 is 14.8 Å². The minimum Gasteiger partial charge on any atom is -0.465 e. The molecule has 0 radical (unpaired) electrons. The normalized spacial score (nSPS) is 21.1. The van der Waals surface area contributed by atoms with Crippen LogP contribution < -0.4 is 5.32 Å². The molecule has 0 amide bonds. The molecule has 3 aromatic carbocycles. The number of fused-ring (bicyclic) bond motifs is 1. The molecular formula is C31H37NO3. The molecule has 184 valence electrons. The molecule has 1 N–H and O–H groups in total. The highest BCUT2D eigenvalue weighted by molar-refractivity contribution is 5.82. The van der Waals surface area contributed by atoms with Crippen molar-refractivity contribution in [1.82, 2.24) is 5.32 Å². The molecule has 1 saturated carbocycles. The van der Waals surface area contributed by atoms with Crippen molar-refractivity contribution in [3.63, 3.8) is 0 Å². The van der Waals surface area contributed by atoms with Gasteiger partial charge in [-0.15, -0.1) is 0 Å². The second kappa shape index (κ2) is 11.8. The lowest BCUT2D eigenvalue weighted by Gasteiger charge is -2.32. The Balaban J connectivity index is 1.14. The minimum absolute atomic E-state index is 0.00225. The van der Waals surface area contributed by atoms with Gasteiger partial charge in [0.2, 0.25) is 0 Å². The van der Waals surface area contributed by atoms with Crippen LogP contribution >= 0.6 is 0 Å². The zero-order valence-corrected chi connectivity index (χ0v) is 20.6. The Kier molecular flexibility index (Phi) is 8.12. The Morgan fingerprint density at radius 1 is 0.857 bits per heavy atom. The lowest BCUT2D eigenvalue weighted by atomic mass is 9.87. The highest BCUT2D eigenvalue weighted by atomic mass is 16.5. The largest absolute Gasteiger partial charge is 0.465 e. The van der Waals surface area contributed by atoms with Crippen molar-refractivity contribution >= 4 is 16.7 Å². The molecule has 4 heteroatoms. The zero-order valence-electron chi connectivity index (χ0n) is 20.6. The number of hydrogen-bond donors (Lipinski definition) is 1. The summed E-state index contributed by atoms with van der Waals surface area (Å²) in [5, 5.41) is 6.02. The molecule has 2 unspecified atom stereocenters. The quantitative estimate of drug-likeness (QED) is 0.399. The number of ether oxygens (including phenoxy) is 2. The van der Waals surface area contributed by atoms with Crippen LogP contribution in [0.2, 0.25) is 0 Å². The van der Waals surface area contributed by atoms with E-state index in [9.17, 15) is 4.79 Å². The van der Waals surface area contributed by atoms with Gasteiger partial charge in [-0.1, -0.05) is 79.9 Å². The number of hydrogen-bond acceptors (Lipinski definition) is 4. The highest BCUT2D eigenvalue weighted by Crippen LogP contribution is 2.29. The molecule has 5 rings (SSSR count). The fraction of sp³-hybridized carbons (Fsp3) is 0.452. The second-order valence-corrected chi connectivity index (χ2v) is 10.1. The van der Waals surface area contributed by atoms with E-state index in [2.05, 4.69) is 72.0 Å². The van der Waals surface area contributed by atoms with E-state index in [-0.39, 0.29) is 18.0 Å². The maximum absolute atomic E-state index is 12.3. The number of rotatable bonds is 8. The van der Waals surface area contributed by atoms with Gasteiger partial charge in [0.05, 0.1) is 25.2 Å². The third-order valence-corrected chi connectivity index (χ3v) is 7.69. The van der Waals surface area contributed by atoms with Gasteiger partial charge in [0.15, 0.2) is 0 Å². The Morgan fingerprint density at radius 3 is 2.46 bits per heavy atom. The smallest absolute Gasteiger partial charge is 0.308 e. The van der Waals surface area contributed by atoms with Gasteiger partial charge >= 0.3 is 5.97 Å². The molecule has 35 heavy (non-hydrogen) atoms. The monoisotopic (exact) mass is 471 g/mol. The van der Waals surface area contributed by atoms with Crippen molar-refractivity contribution in [2.45, 2.75) is 63.6 Å². The molecule has 0 aromatic heterocycles. The van der Waals surface area contributed by atoms with Crippen molar-refractivity contribution < 1.29 is 14.3 Å². The van der Waals surface area contributed by atoms with Crippen molar-refractivity contribution in [3.05, 3.63) is 83.4 Å². The van der Waals surface area contributed by atoms with Crippen molar-refractivity contribution in [2.24, 2.45) is 5.92 Å². The first-order valence-electron chi connectivity index (χ1n) is 13.3. The molecule has 2 aliphatic rings. The number of piperidine rings is 1. The van der Waals surface area contributed by atoms with Crippen molar-refractivity contribution in [3.8, 4) is 0 Å². The summed E-state index contributed by atoms with van der Waals surface area (Å²) in [6.45, 7) is 2.98. The summed E-state index contributed by atoms with van der Waals surface area (Å²) in [5.74, 6) is 0.509. The maximum Gasteiger partial charge on any atom is 0.308 e. The number of benzene rings is 3. The Labute approximate surface area is 209 Å². The van der Waals surface area contributed by atoms with Crippen molar-refractivity contribution in [1.29, 1.82) is 0 Å². The maximum atomic E-state index is 12.3. The predicted octanol–water partition coefficient (Wildman–Crippen LogP) is 6.17. The van der Waals surface area contributed by atoms with Crippen LogP contribution in [0, 0.1) is 5.92 Å². The summed E-state index contributed by atoms with van der Waals surface area (Å²) < 4.78 is 12.0. The molecule has 4 nitrogen and oxygen atoms in total. The van der Waals surface area contributed by atoms with E-state index in [1.165, 1.54) is 33.9 Å². The van der Waals surface area contributed by atoms with Gasteiger partial charge in [-0.3, -0.25) is 4.79 Å². The van der Waals surface area contributed by atoms with E-state index in [1.54, 1.807) is 0 Å². The van der Waals surface area contributed by atoms with E-state index in [0.29, 0.717) is 19.1 Å². The molecule has 0 spiro atoms. The molecule has 1 saturated heterocycles. The molecule has 3 aromatic rings. The van der Waals surface area contributed by atoms with E-state index < -0.39 is 0 Å². The van der Waals surface area contributed by atoms with E-state index in [1.807, 2.05) is 0 Å². The van der Waals surface area contributed by atoms with Gasteiger partial charge in [-0.05, 0) is 59.3 Å². The number of esters is 1. The van der Waals surface area contributed by atoms with Crippen LogP contribution in [0.4, 0.5) is 0 Å². The zero-order chi connectivity index (χ0) is 23.9. The van der Waals surface area contributed by atoms with Crippen LogP contribution in [0.25, 0.3) is 10.8 Å². The van der Waals surface area contributed by atoms with Crippen LogP contribution in [-0.2, 0) is 27.3 Å². The first kappa shape index (κ1) is 24.0.